The van der Waals surface area contributed by atoms with Crippen LogP contribution in [0.3, 0.4) is 0 Å². The van der Waals surface area contributed by atoms with E-state index in [2.05, 4.69) is 10.3 Å². The molecular weight excluding hydrogens is 312 g/mol. The van der Waals surface area contributed by atoms with E-state index in [0.29, 0.717) is 17.9 Å². The van der Waals surface area contributed by atoms with E-state index < -0.39 is 6.10 Å². The summed E-state index contributed by atoms with van der Waals surface area (Å²) in [6, 6.07) is 6.89. The summed E-state index contributed by atoms with van der Waals surface area (Å²) < 4.78 is 5.09. The van der Waals surface area contributed by atoms with Gasteiger partial charge in [-0.1, -0.05) is 12.1 Å². The summed E-state index contributed by atoms with van der Waals surface area (Å²) >= 11 is 1.67. The number of thiazole rings is 1. The minimum Gasteiger partial charge on any atom is -0.497 e. The average molecular weight is 334 g/mol. The molecule has 1 aromatic heterocycles. The highest BCUT2D eigenvalue weighted by Gasteiger charge is 2.17. The summed E-state index contributed by atoms with van der Waals surface area (Å²) in [5, 5.41) is 16.0. The number of aryl methyl sites for hydroxylation is 2. The van der Waals surface area contributed by atoms with Crippen LogP contribution < -0.4 is 10.1 Å². The number of benzene rings is 1. The number of carbonyl (C=O) groups excluding carboxylic acids is 1. The fourth-order valence-electron chi connectivity index (χ4n) is 2.19. The number of hydrogen-bond donors (Lipinski definition) is 2. The fourth-order valence-corrected chi connectivity index (χ4v) is 3.01. The van der Waals surface area contributed by atoms with Gasteiger partial charge in [-0.2, -0.15) is 0 Å². The van der Waals surface area contributed by atoms with Gasteiger partial charge < -0.3 is 15.2 Å². The molecule has 0 radical (unpaired) electrons. The molecule has 2 rings (SSSR count). The second kappa shape index (κ2) is 8.64. The number of aromatic nitrogens is 1. The molecule has 23 heavy (non-hydrogen) atoms. The summed E-state index contributed by atoms with van der Waals surface area (Å²) in [5.41, 5.74) is 1.58. The maximum Gasteiger partial charge on any atom is 0.253 e. The highest BCUT2D eigenvalue weighted by molar-refractivity contribution is 7.09. The van der Waals surface area contributed by atoms with Crippen molar-refractivity contribution < 1.29 is 14.6 Å². The van der Waals surface area contributed by atoms with E-state index in [-0.39, 0.29) is 5.91 Å². The molecule has 0 aliphatic heterocycles. The van der Waals surface area contributed by atoms with Crippen molar-refractivity contribution in [3.63, 3.8) is 0 Å². The minimum atomic E-state index is -1.17. The normalized spacial score (nSPS) is 12.0. The first-order chi connectivity index (χ1) is 11.1. The molecular formula is C17H22N2O3S. The second-order valence-electron chi connectivity index (χ2n) is 5.31. The molecule has 1 heterocycles. The number of hydrogen-bond acceptors (Lipinski definition) is 5. The zero-order valence-corrected chi connectivity index (χ0v) is 14.2. The zero-order valence-electron chi connectivity index (χ0n) is 13.4. The van der Waals surface area contributed by atoms with Crippen molar-refractivity contribution in [2.75, 3.05) is 13.7 Å². The molecule has 6 heteroatoms. The van der Waals surface area contributed by atoms with Crippen LogP contribution in [0.25, 0.3) is 0 Å². The van der Waals surface area contributed by atoms with Crippen molar-refractivity contribution in [3.8, 4) is 5.75 Å². The Morgan fingerprint density at radius 1 is 1.43 bits per heavy atom. The van der Waals surface area contributed by atoms with Crippen LogP contribution >= 0.6 is 11.3 Å². The molecule has 0 aliphatic rings. The number of nitrogens with zero attached hydrogens (tertiary/aromatic N) is 1. The minimum absolute atomic E-state index is 0.386. The van der Waals surface area contributed by atoms with Gasteiger partial charge in [0.25, 0.3) is 5.91 Å². The molecule has 0 saturated carbocycles. The van der Waals surface area contributed by atoms with Gasteiger partial charge in [0, 0.05) is 17.6 Å². The van der Waals surface area contributed by atoms with E-state index in [0.717, 1.165) is 30.0 Å². The molecule has 0 bridgehead atoms. The molecule has 2 aromatic rings. The van der Waals surface area contributed by atoms with Gasteiger partial charge in [-0.05, 0) is 43.9 Å². The van der Waals surface area contributed by atoms with Gasteiger partial charge in [0.1, 0.15) is 5.75 Å². The van der Waals surface area contributed by atoms with Gasteiger partial charge >= 0.3 is 0 Å². The van der Waals surface area contributed by atoms with E-state index in [9.17, 15) is 9.90 Å². The number of unbranched alkanes of at least 4 members (excludes halogenated alkanes) is 1. The van der Waals surface area contributed by atoms with Crippen LogP contribution in [-0.4, -0.2) is 29.7 Å². The molecule has 0 aliphatic carbocycles. The summed E-state index contributed by atoms with van der Waals surface area (Å²) in [7, 11) is 1.55. The van der Waals surface area contributed by atoms with Gasteiger partial charge in [0.15, 0.2) is 6.10 Å². The number of carbonyl (C=O) groups is 1. The van der Waals surface area contributed by atoms with Crippen LogP contribution in [0.4, 0.5) is 0 Å². The first kappa shape index (κ1) is 17.4. The number of aliphatic hydroxyl groups is 1. The van der Waals surface area contributed by atoms with E-state index in [1.54, 1.807) is 42.7 Å². The Kier molecular flexibility index (Phi) is 6.55. The molecule has 1 atom stereocenters. The molecule has 1 amide bonds. The quantitative estimate of drug-likeness (QED) is 0.728. The Morgan fingerprint density at radius 2 is 2.26 bits per heavy atom. The smallest absolute Gasteiger partial charge is 0.253 e. The average Bonchev–Trinajstić information content (AvgIpc) is 2.99. The van der Waals surface area contributed by atoms with E-state index in [1.165, 1.54) is 0 Å². The first-order valence-corrected chi connectivity index (χ1v) is 8.49. The van der Waals surface area contributed by atoms with Gasteiger partial charge in [-0.25, -0.2) is 4.98 Å². The Hall–Kier alpha value is -1.92. The van der Waals surface area contributed by atoms with Crippen molar-refractivity contribution in [1.29, 1.82) is 0 Å². The monoisotopic (exact) mass is 334 g/mol. The SMILES string of the molecule is COc1cccc(C(O)C(=O)NCCCCc2nc(C)cs2)c1. The molecule has 5 nitrogen and oxygen atoms in total. The van der Waals surface area contributed by atoms with Crippen molar-refractivity contribution >= 4 is 17.2 Å². The number of aliphatic hydroxyl groups excluding tert-OH is 1. The Balaban J connectivity index is 1.71. The van der Waals surface area contributed by atoms with Crippen LogP contribution in [0.5, 0.6) is 5.75 Å². The lowest BCUT2D eigenvalue weighted by atomic mass is 10.1. The Morgan fingerprint density at radius 3 is 2.96 bits per heavy atom. The Bertz CT molecular complexity index is 642. The maximum absolute atomic E-state index is 12.0. The summed E-state index contributed by atoms with van der Waals surface area (Å²) in [6.45, 7) is 2.53. The summed E-state index contributed by atoms with van der Waals surface area (Å²) in [4.78, 5) is 16.4. The van der Waals surface area contributed by atoms with Crippen LogP contribution in [0.1, 0.15) is 35.2 Å². The number of rotatable bonds is 8. The lowest BCUT2D eigenvalue weighted by molar-refractivity contribution is -0.129. The number of amides is 1. The largest absolute Gasteiger partial charge is 0.497 e. The van der Waals surface area contributed by atoms with Gasteiger partial charge in [0.05, 0.1) is 12.1 Å². The van der Waals surface area contributed by atoms with Gasteiger partial charge in [-0.3, -0.25) is 4.79 Å². The topological polar surface area (TPSA) is 71.5 Å². The summed E-state index contributed by atoms with van der Waals surface area (Å²) in [6.07, 6.45) is 1.57. The number of nitrogens with one attached hydrogen (secondary N) is 1. The van der Waals surface area contributed by atoms with E-state index in [1.807, 2.05) is 12.3 Å². The summed E-state index contributed by atoms with van der Waals surface area (Å²) in [5.74, 6) is 0.233. The number of ether oxygens (including phenoxy) is 1. The third-order valence-electron chi connectivity index (χ3n) is 3.44. The van der Waals surface area contributed by atoms with Crippen molar-refractivity contribution in [3.05, 3.63) is 45.9 Å². The van der Waals surface area contributed by atoms with Crippen LogP contribution in [-0.2, 0) is 11.2 Å². The number of methoxy groups -OCH3 is 1. The second-order valence-corrected chi connectivity index (χ2v) is 6.25. The van der Waals surface area contributed by atoms with Crippen molar-refractivity contribution in [1.82, 2.24) is 10.3 Å². The zero-order chi connectivity index (χ0) is 16.7. The molecule has 2 N–H and O–H groups in total. The molecule has 124 valence electrons. The first-order valence-electron chi connectivity index (χ1n) is 7.61. The third kappa shape index (κ3) is 5.33. The van der Waals surface area contributed by atoms with Gasteiger partial charge in [0.2, 0.25) is 0 Å². The lowest BCUT2D eigenvalue weighted by Crippen LogP contribution is -2.30. The van der Waals surface area contributed by atoms with E-state index >= 15 is 0 Å². The van der Waals surface area contributed by atoms with Crippen LogP contribution in [0.15, 0.2) is 29.6 Å². The highest BCUT2D eigenvalue weighted by atomic mass is 32.1. The maximum atomic E-state index is 12.0. The van der Waals surface area contributed by atoms with Crippen molar-refractivity contribution in [2.24, 2.45) is 0 Å². The molecule has 0 saturated heterocycles. The molecule has 1 unspecified atom stereocenters. The highest BCUT2D eigenvalue weighted by Crippen LogP contribution is 2.19. The molecule has 0 spiro atoms. The van der Waals surface area contributed by atoms with Crippen LogP contribution in [0, 0.1) is 6.92 Å². The predicted octanol–water partition coefficient (Wildman–Crippen LogP) is 2.63. The molecule has 1 aromatic carbocycles. The molecule has 0 fully saturated rings. The Labute approximate surface area is 140 Å². The predicted molar refractivity (Wildman–Crippen MR) is 90.8 cm³/mol. The fraction of sp³-hybridized carbons (Fsp3) is 0.412. The van der Waals surface area contributed by atoms with Crippen LogP contribution in [0.2, 0.25) is 0 Å². The lowest BCUT2D eigenvalue weighted by Gasteiger charge is -2.12. The standard InChI is InChI=1S/C17H22N2O3S/c1-12-11-23-15(19-12)8-3-4-9-18-17(21)16(20)13-6-5-7-14(10-13)22-2/h5-7,10-11,16,20H,3-4,8-9H2,1-2H3,(H,18,21). The van der Waals surface area contributed by atoms with Gasteiger partial charge in [-0.15, -0.1) is 11.3 Å². The van der Waals surface area contributed by atoms with E-state index in [4.69, 9.17) is 4.74 Å². The third-order valence-corrected chi connectivity index (χ3v) is 4.47. The van der Waals surface area contributed by atoms with Crippen molar-refractivity contribution in [2.45, 2.75) is 32.3 Å².